The van der Waals surface area contributed by atoms with Crippen molar-refractivity contribution in [3.8, 4) is 0 Å². The predicted molar refractivity (Wildman–Crippen MR) is 98.1 cm³/mol. The van der Waals surface area contributed by atoms with Gasteiger partial charge in [0.15, 0.2) is 0 Å². The summed E-state index contributed by atoms with van der Waals surface area (Å²) < 4.78 is 6.37. The van der Waals surface area contributed by atoms with Crippen molar-refractivity contribution in [2.45, 2.75) is 58.3 Å². The number of hydrogen-bond donors (Lipinski definition) is 0. The van der Waals surface area contributed by atoms with Crippen LogP contribution >= 0.6 is 18.6 Å². The van der Waals surface area contributed by atoms with Crippen molar-refractivity contribution in [3.05, 3.63) is 36.7 Å². The quantitative estimate of drug-likeness (QED) is 0.409. The van der Waals surface area contributed by atoms with Crippen molar-refractivity contribution in [1.29, 1.82) is 0 Å². The monoisotopic (exact) mass is 397 g/mol. The third-order valence-corrected chi connectivity index (χ3v) is 5.63. The molecule has 2 atom stereocenters. The van der Waals surface area contributed by atoms with Gasteiger partial charge < -0.3 is 16.8 Å². The van der Waals surface area contributed by atoms with Gasteiger partial charge in [-0.15, -0.1) is 5.54 Å². The van der Waals surface area contributed by atoms with E-state index < -0.39 is 25.5 Å². The fraction of sp³-hybridized carbons (Fsp3) is 0.688. The number of nitrogens with zero attached hydrogens (tertiary/aromatic N) is 1. The van der Waals surface area contributed by atoms with E-state index in [4.69, 9.17) is 28.0 Å². The van der Waals surface area contributed by atoms with Crippen LogP contribution in [-0.4, -0.2) is 20.1 Å². The second-order valence-electron chi connectivity index (χ2n) is 7.11. The molecule has 2 aliphatic rings. The molecule has 0 amide bonds. The van der Waals surface area contributed by atoms with Gasteiger partial charge in [0.1, 0.15) is 0 Å². The molecule has 0 N–H and O–H groups in total. The SMILES string of the molecule is CC(C)(C)[N-][Si](C)(C)OC1CC2C=CC=CC2C1.[CH3-].[Cl][Ti][Cl]. The van der Waals surface area contributed by atoms with E-state index in [-0.39, 0.29) is 13.0 Å². The number of fused-ring (bicyclic) bond motifs is 1. The Bertz CT molecular complexity index is 363. The maximum absolute atomic E-state index is 6.37. The van der Waals surface area contributed by atoms with Crippen LogP contribution in [0.3, 0.4) is 0 Å². The molecule has 22 heavy (non-hydrogen) atoms. The van der Waals surface area contributed by atoms with Gasteiger partial charge >= 0.3 is 35.6 Å². The minimum atomic E-state index is -1.89. The zero-order chi connectivity index (χ0) is 16.1. The molecule has 0 radical (unpaired) electrons. The second kappa shape index (κ2) is 10.0. The molecule has 2 unspecified atom stereocenters. The van der Waals surface area contributed by atoms with E-state index in [1.165, 1.54) is 12.8 Å². The van der Waals surface area contributed by atoms with E-state index in [0.717, 1.165) is 0 Å². The first kappa shape index (κ1) is 22.9. The summed E-state index contributed by atoms with van der Waals surface area (Å²) in [6.45, 7) is 10.9. The van der Waals surface area contributed by atoms with Crippen LogP contribution in [0.4, 0.5) is 0 Å². The number of hydrogen-bond acceptors (Lipinski definition) is 1. The Morgan fingerprint density at radius 2 is 1.50 bits per heavy atom. The molecule has 0 heterocycles. The summed E-state index contributed by atoms with van der Waals surface area (Å²) in [5.41, 5.74) is 0.0148. The summed E-state index contributed by atoms with van der Waals surface area (Å²) in [6.07, 6.45) is 11.8. The molecular formula is C16H29Cl2NOSiTi-2. The van der Waals surface area contributed by atoms with E-state index in [9.17, 15) is 0 Å². The van der Waals surface area contributed by atoms with Crippen molar-refractivity contribution < 1.29 is 21.5 Å². The van der Waals surface area contributed by atoms with Crippen LogP contribution in [-0.2, 0) is 21.5 Å². The van der Waals surface area contributed by atoms with Gasteiger partial charge in [0.25, 0.3) is 0 Å². The molecule has 128 valence electrons. The van der Waals surface area contributed by atoms with Gasteiger partial charge in [0, 0.05) is 6.10 Å². The number of halogens is 2. The molecule has 0 aromatic heterocycles. The van der Waals surface area contributed by atoms with Crippen LogP contribution in [0.2, 0.25) is 13.1 Å². The Morgan fingerprint density at radius 3 is 1.86 bits per heavy atom. The molecule has 2 aliphatic carbocycles. The first-order valence-electron chi connectivity index (χ1n) is 7.40. The first-order valence-corrected chi connectivity index (χ1v) is 14.6. The Kier molecular flexibility index (Phi) is 10.4. The zero-order valence-corrected chi connectivity index (χ0v) is 18.6. The maximum atomic E-state index is 6.37. The summed E-state index contributed by atoms with van der Waals surface area (Å²) in [5.74, 6) is 1.39. The Balaban J connectivity index is 0.00000102. The molecule has 0 aromatic rings. The van der Waals surface area contributed by atoms with E-state index in [0.29, 0.717) is 17.9 Å². The second-order valence-corrected chi connectivity index (χ2v) is 13.0. The van der Waals surface area contributed by atoms with E-state index in [2.05, 4.69) is 58.2 Å². The van der Waals surface area contributed by atoms with Crippen LogP contribution in [0.15, 0.2) is 24.3 Å². The van der Waals surface area contributed by atoms with E-state index in [1.54, 1.807) is 0 Å². The molecule has 0 spiro atoms. The fourth-order valence-electron chi connectivity index (χ4n) is 3.25. The fourth-order valence-corrected chi connectivity index (χ4v) is 5.92. The molecule has 1 fully saturated rings. The molecular weight excluding hydrogens is 369 g/mol. The van der Waals surface area contributed by atoms with Crippen molar-refractivity contribution in [2.75, 3.05) is 0 Å². The van der Waals surface area contributed by atoms with Crippen molar-refractivity contribution in [2.24, 2.45) is 11.8 Å². The molecule has 0 aromatic carbocycles. The summed E-state index contributed by atoms with van der Waals surface area (Å²) in [6, 6.07) is 0. The standard InChI is InChI=1S/C15H26NOSi.CH3.2ClH.Ti/c1-15(2,3)16-18(4,5)17-14-10-12-8-6-7-9-13(12)11-14;;;;/h6-9,12-14H,10-11H2,1-5H3;1H3;2*1H;/q2*-1;;;+2/p-2. The van der Waals surface area contributed by atoms with Crippen LogP contribution in [0.5, 0.6) is 0 Å². The third-order valence-electron chi connectivity index (χ3n) is 3.51. The van der Waals surface area contributed by atoms with Gasteiger partial charge in [-0.1, -0.05) is 58.2 Å². The molecule has 0 bridgehead atoms. The van der Waals surface area contributed by atoms with Crippen LogP contribution in [0, 0.1) is 19.3 Å². The molecule has 0 saturated heterocycles. The topological polar surface area (TPSA) is 23.3 Å². The van der Waals surface area contributed by atoms with Crippen LogP contribution < -0.4 is 0 Å². The molecule has 0 aliphatic heterocycles. The average molecular weight is 398 g/mol. The Morgan fingerprint density at radius 1 is 1.09 bits per heavy atom. The number of rotatable bonds is 3. The number of allylic oxidation sites excluding steroid dienone is 4. The Hall–Kier alpha value is 0.911. The minimum absolute atomic E-state index is 0. The third kappa shape index (κ3) is 8.68. The van der Waals surface area contributed by atoms with E-state index in [1.807, 2.05) is 0 Å². The molecule has 1 saturated carbocycles. The van der Waals surface area contributed by atoms with Crippen LogP contribution in [0.1, 0.15) is 33.6 Å². The van der Waals surface area contributed by atoms with Gasteiger partial charge in [0.05, 0.1) is 8.48 Å². The molecule has 2 nitrogen and oxygen atoms in total. The van der Waals surface area contributed by atoms with Crippen molar-refractivity contribution in [3.63, 3.8) is 0 Å². The summed E-state index contributed by atoms with van der Waals surface area (Å²) in [7, 11) is 7.89. The van der Waals surface area contributed by atoms with Gasteiger partial charge in [-0.25, -0.2) is 0 Å². The normalized spacial score (nSPS) is 26.6. The molecule has 6 heteroatoms. The van der Waals surface area contributed by atoms with Crippen LogP contribution in [0.25, 0.3) is 4.98 Å². The molecule has 2 rings (SSSR count). The van der Waals surface area contributed by atoms with E-state index >= 15 is 0 Å². The van der Waals surface area contributed by atoms with Crippen molar-refractivity contribution in [1.82, 2.24) is 0 Å². The van der Waals surface area contributed by atoms with Gasteiger partial charge in [-0.3, -0.25) is 0 Å². The zero-order valence-electron chi connectivity index (χ0n) is 14.6. The summed E-state index contributed by atoms with van der Waals surface area (Å²) in [5, 5.41) is 0. The Labute approximate surface area is 154 Å². The summed E-state index contributed by atoms with van der Waals surface area (Å²) >= 11 is -0.556. The predicted octanol–water partition coefficient (Wildman–Crippen LogP) is 6.22. The van der Waals surface area contributed by atoms with Gasteiger partial charge in [-0.05, 0) is 24.7 Å². The van der Waals surface area contributed by atoms with Gasteiger partial charge in [0.2, 0.25) is 0 Å². The van der Waals surface area contributed by atoms with Crippen molar-refractivity contribution >= 4 is 27.1 Å². The first-order chi connectivity index (χ1) is 9.67. The van der Waals surface area contributed by atoms with Gasteiger partial charge in [-0.2, -0.15) is 0 Å². The summed E-state index contributed by atoms with van der Waals surface area (Å²) in [4.78, 5) is 4.90. The average Bonchev–Trinajstić information content (AvgIpc) is 2.67.